The van der Waals surface area contributed by atoms with Crippen molar-refractivity contribution >= 4 is 39.1 Å². The molecule has 0 aliphatic rings. The fraction of sp³-hybridized carbons (Fsp3) is 0.355. The molecule has 0 bridgehead atoms. The zero-order valence-electron chi connectivity index (χ0n) is 23.9. The molecule has 0 saturated heterocycles. The average Bonchev–Trinajstić information content (AvgIpc) is 2.88. The Kier molecular flexibility index (Phi) is 10.0. The largest absolute Gasteiger partial charge is 0.350 e. The quantitative estimate of drug-likeness (QED) is 0.340. The Morgan fingerprint density at radius 2 is 1.55 bits per heavy atom. The zero-order valence-corrected chi connectivity index (χ0v) is 25.5. The van der Waals surface area contributed by atoms with E-state index < -0.39 is 34.1 Å². The summed E-state index contributed by atoms with van der Waals surface area (Å²) in [6.07, 6.45) is 0.507. The first kappa shape index (κ1) is 31.2. The smallest absolute Gasteiger partial charge is 0.264 e. The number of nitrogens with one attached hydrogen (secondary N) is 1. The lowest BCUT2D eigenvalue weighted by Gasteiger charge is -2.33. The van der Waals surface area contributed by atoms with Crippen LogP contribution in [0.2, 0.25) is 5.02 Å². The minimum atomic E-state index is -4.14. The maximum atomic E-state index is 14.0. The van der Waals surface area contributed by atoms with Gasteiger partial charge in [-0.2, -0.15) is 0 Å². The average molecular weight is 584 g/mol. The molecule has 214 valence electrons. The summed E-state index contributed by atoms with van der Waals surface area (Å²) in [5, 5.41) is 3.34. The molecule has 9 heteroatoms. The number of rotatable bonds is 10. The molecular weight excluding hydrogens is 546 g/mol. The summed E-state index contributed by atoms with van der Waals surface area (Å²) in [6, 6.07) is 19.9. The number of sulfonamides is 1. The van der Waals surface area contributed by atoms with Crippen LogP contribution in [0, 0.1) is 13.8 Å². The van der Waals surface area contributed by atoms with Gasteiger partial charge in [0.15, 0.2) is 0 Å². The lowest BCUT2D eigenvalue weighted by atomic mass is 10.1. The van der Waals surface area contributed by atoms with Crippen molar-refractivity contribution in [3.8, 4) is 0 Å². The van der Waals surface area contributed by atoms with Gasteiger partial charge in [0.2, 0.25) is 11.8 Å². The summed E-state index contributed by atoms with van der Waals surface area (Å²) in [6.45, 7) is 10.9. The third kappa shape index (κ3) is 8.08. The Morgan fingerprint density at radius 3 is 2.12 bits per heavy atom. The van der Waals surface area contributed by atoms with E-state index in [9.17, 15) is 18.0 Å². The molecule has 0 spiro atoms. The molecule has 40 heavy (non-hydrogen) atoms. The van der Waals surface area contributed by atoms with E-state index in [2.05, 4.69) is 5.32 Å². The van der Waals surface area contributed by atoms with E-state index in [1.165, 1.54) is 29.2 Å². The van der Waals surface area contributed by atoms with Crippen LogP contribution in [0.3, 0.4) is 0 Å². The number of benzene rings is 3. The second-order valence-electron chi connectivity index (χ2n) is 11.0. The van der Waals surface area contributed by atoms with Crippen LogP contribution in [-0.4, -0.2) is 49.8 Å². The summed E-state index contributed by atoms with van der Waals surface area (Å²) >= 11 is 6.01. The molecule has 0 saturated carbocycles. The van der Waals surface area contributed by atoms with Gasteiger partial charge in [0, 0.05) is 17.1 Å². The number of nitrogens with zero attached hydrogens (tertiary/aromatic N) is 2. The molecule has 3 rings (SSSR count). The van der Waals surface area contributed by atoms with Crippen LogP contribution in [0.5, 0.6) is 0 Å². The van der Waals surface area contributed by atoms with E-state index in [1.54, 1.807) is 19.1 Å². The highest BCUT2D eigenvalue weighted by Crippen LogP contribution is 2.27. The number of carbonyl (C=O) groups excluding carboxylic acids is 2. The summed E-state index contributed by atoms with van der Waals surface area (Å²) in [7, 11) is -4.14. The second kappa shape index (κ2) is 12.9. The van der Waals surface area contributed by atoms with Crippen molar-refractivity contribution in [1.29, 1.82) is 0 Å². The van der Waals surface area contributed by atoms with Crippen LogP contribution in [0.1, 0.15) is 44.4 Å². The van der Waals surface area contributed by atoms with Crippen LogP contribution < -0.4 is 9.62 Å². The Morgan fingerprint density at radius 1 is 0.925 bits per heavy atom. The monoisotopic (exact) mass is 583 g/mol. The number of halogens is 1. The highest BCUT2D eigenvalue weighted by molar-refractivity contribution is 7.92. The van der Waals surface area contributed by atoms with Crippen molar-refractivity contribution in [2.75, 3.05) is 17.4 Å². The number of anilines is 1. The maximum absolute atomic E-state index is 14.0. The van der Waals surface area contributed by atoms with Gasteiger partial charge in [-0.15, -0.1) is 0 Å². The minimum Gasteiger partial charge on any atom is -0.350 e. The second-order valence-corrected chi connectivity index (χ2v) is 13.3. The topological polar surface area (TPSA) is 86.8 Å². The minimum absolute atomic E-state index is 0.0114. The molecule has 3 aromatic rings. The van der Waals surface area contributed by atoms with Gasteiger partial charge in [-0.05, 0) is 101 Å². The molecule has 2 amide bonds. The van der Waals surface area contributed by atoms with Crippen molar-refractivity contribution in [3.63, 3.8) is 0 Å². The van der Waals surface area contributed by atoms with E-state index in [-0.39, 0.29) is 17.3 Å². The first-order chi connectivity index (χ1) is 18.7. The Labute approximate surface area is 243 Å². The molecule has 0 fully saturated rings. The number of aryl methyl sites for hydroxylation is 2. The molecule has 0 aliphatic heterocycles. The highest BCUT2D eigenvalue weighted by atomic mass is 35.5. The summed E-state index contributed by atoms with van der Waals surface area (Å²) in [5.41, 5.74) is 2.75. The number of amides is 2. The van der Waals surface area contributed by atoms with Crippen LogP contribution in [-0.2, 0) is 26.0 Å². The van der Waals surface area contributed by atoms with Crippen molar-refractivity contribution < 1.29 is 18.0 Å². The van der Waals surface area contributed by atoms with Gasteiger partial charge in [-0.3, -0.25) is 13.9 Å². The first-order valence-corrected chi connectivity index (χ1v) is 15.0. The molecule has 1 N–H and O–H groups in total. The van der Waals surface area contributed by atoms with E-state index in [4.69, 9.17) is 11.6 Å². The van der Waals surface area contributed by atoms with E-state index >= 15 is 0 Å². The van der Waals surface area contributed by atoms with Gasteiger partial charge < -0.3 is 10.2 Å². The van der Waals surface area contributed by atoms with Crippen LogP contribution in [0.25, 0.3) is 0 Å². The van der Waals surface area contributed by atoms with Crippen LogP contribution >= 0.6 is 11.6 Å². The zero-order chi connectivity index (χ0) is 29.7. The number of carbonyl (C=O) groups is 2. The summed E-state index contributed by atoms with van der Waals surface area (Å²) in [4.78, 5) is 28.6. The third-order valence-electron chi connectivity index (χ3n) is 6.61. The van der Waals surface area contributed by atoms with Gasteiger partial charge in [0.25, 0.3) is 10.0 Å². The molecule has 7 nitrogen and oxygen atoms in total. The molecule has 1 atom stereocenters. The van der Waals surface area contributed by atoms with Gasteiger partial charge in [-0.1, -0.05) is 48.0 Å². The molecule has 3 aromatic carbocycles. The molecule has 0 aliphatic carbocycles. The van der Waals surface area contributed by atoms with Gasteiger partial charge >= 0.3 is 0 Å². The first-order valence-electron chi connectivity index (χ1n) is 13.2. The SMILES string of the molecule is Cc1ccc(N(CC(=O)N(CCc2ccccc2)[C@@H](C)C(=O)NC(C)(C)C)S(=O)(=O)c2ccc(Cl)cc2)cc1C. The van der Waals surface area contributed by atoms with Crippen molar-refractivity contribution in [2.24, 2.45) is 0 Å². The Balaban J connectivity index is 2.01. The van der Waals surface area contributed by atoms with Gasteiger partial charge in [0.1, 0.15) is 12.6 Å². The van der Waals surface area contributed by atoms with Crippen LogP contribution in [0.15, 0.2) is 77.7 Å². The van der Waals surface area contributed by atoms with Gasteiger partial charge in [-0.25, -0.2) is 8.42 Å². The standard InChI is InChI=1S/C31H38ClN3O4S/c1-22-12-15-27(20-23(22)2)35(40(38,39)28-16-13-26(32)14-17-28)21-29(36)34(19-18-25-10-8-7-9-11-25)24(3)30(37)33-31(4,5)6/h7-17,20,24H,18-19,21H2,1-6H3,(H,33,37)/t24-/m0/s1. The molecule has 0 unspecified atom stereocenters. The fourth-order valence-corrected chi connectivity index (χ4v) is 5.72. The predicted molar refractivity (Wildman–Crippen MR) is 161 cm³/mol. The summed E-state index contributed by atoms with van der Waals surface area (Å²) in [5.74, 6) is -0.796. The normalized spacial score (nSPS) is 12.5. The highest BCUT2D eigenvalue weighted by Gasteiger charge is 2.33. The van der Waals surface area contributed by atoms with E-state index in [1.807, 2.05) is 71.0 Å². The van der Waals surface area contributed by atoms with Crippen molar-refractivity contribution in [2.45, 2.75) is 64.4 Å². The number of hydrogen-bond acceptors (Lipinski definition) is 4. The Bertz CT molecular complexity index is 1440. The van der Waals surface area contributed by atoms with E-state index in [0.717, 1.165) is 21.0 Å². The van der Waals surface area contributed by atoms with Crippen LogP contribution in [0.4, 0.5) is 5.69 Å². The molecule has 0 aromatic heterocycles. The maximum Gasteiger partial charge on any atom is 0.264 e. The predicted octanol–water partition coefficient (Wildman–Crippen LogP) is 5.53. The molecular formula is C31H38ClN3O4S. The van der Waals surface area contributed by atoms with Crippen molar-refractivity contribution in [1.82, 2.24) is 10.2 Å². The number of hydrogen-bond donors (Lipinski definition) is 1. The lowest BCUT2D eigenvalue weighted by Crippen LogP contribution is -2.55. The molecule has 0 radical (unpaired) electrons. The fourth-order valence-electron chi connectivity index (χ4n) is 4.19. The summed E-state index contributed by atoms with van der Waals surface area (Å²) < 4.78 is 28.9. The lowest BCUT2D eigenvalue weighted by molar-refractivity contribution is -0.139. The van der Waals surface area contributed by atoms with E-state index in [0.29, 0.717) is 17.1 Å². The Hall–Kier alpha value is -3.36. The third-order valence-corrected chi connectivity index (χ3v) is 8.65. The van der Waals surface area contributed by atoms with Crippen molar-refractivity contribution in [3.05, 3.63) is 94.5 Å². The van der Waals surface area contributed by atoms with Gasteiger partial charge in [0.05, 0.1) is 10.6 Å². The molecule has 0 heterocycles.